The van der Waals surface area contributed by atoms with E-state index in [0.29, 0.717) is 29.2 Å². The van der Waals surface area contributed by atoms with E-state index < -0.39 is 17.3 Å². The summed E-state index contributed by atoms with van der Waals surface area (Å²) in [5.74, 6) is 0.989. The Morgan fingerprint density at radius 1 is 1.03 bits per heavy atom. The van der Waals surface area contributed by atoms with Crippen LogP contribution in [0.25, 0.3) is 11.0 Å². The van der Waals surface area contributed by atoms with Gasteiger partial charge in [0.25, 0.3) is 0 Å². The Labute approximate surface area is 208 Å². The van der Waals surface area contributed by atoms with Gasteiger partial charge in [-0.1, -0.05) is 17.7 Å². The summed E-state index contributed by atoms with van der Waals surface area (Å²) in [6, 6.07) is 10.5. The molecule has 0 bridgehead atoms. The summed E-state index contributed by atoms with van der Waals surface area (Å²) in [5.41, 5.74) is 2.04. The van der Waals surface area contributed by atoms with E-state index >= 15 is 0 Å². The first-order chi connectivity index (χ1) is 16.5. The van der Waals surface area contributed by atoms with Crippen molar-refractivity contribution in [1.82, 2.24) is 14.9 Å². The van der Waals surface area contributed by atoms with Crippen molar-refractivity contribution in [3.63, 3.8) is 0 Å². The maximum atomic E-state index is 13.0. The number of aromatic nitrogens is 2. The summed E-state index contributed by atoms with van der Waals surface area (Å²) in [6.07, 6.45) is 1.17. The molecule has 188 valence electrons. The Morgan fingerprint density at radius 3 is 2.43 bits per heavy atom. The normalized spacial score (nSPS) is 23.1. The zero-order valence-electron chi connectivity index (χ0n) is 20.0. The Bertz CT molecular complexity index is 1220. The molecule has 0 aliphatic heterocycles. The largest absolute Gasteiger partial charge is 0.416 e. The molecule has 0 amide bonds. The van der Waals surface area contributed by atoms with Gasteiger partial charge in [-0.25, -0.2) is 4.98 Å². The SMILES string of the molecule is CC(C)(O)c1nc2cc(Cl)ccc2n1[C@H]1CC[C@@H](NCC2Cc3ccc(C(F)(F)F)cc3C2)CC1. The molecule has 2 N–H and O–H groups in total. The van der Waals surface area contributed by atoms with Crippen molar-refractivity contribution in [3.05, 3.63) is 63.9 Å². The highest BCUT2D eigenvalue weighted by molar-refractivity contribution is 6.31. The van der Waals surface area contributed by atoms with Crippen molar-refractivity contribution in [2.75, 3.05) is 6.54 Å². The van der Waals surface area contributed by atoms with Gasteiger partial charge < -0.3 is 15.0 Å². The van der Waals surface area contributed by atoms with Crippen LogP contribution in [0.3, 0.4) is 0 Å². The van der Waals surface area contributed by atoms with Gasteiger partial charge in [-0.3, -0.25) is 0 Å². The van der Waals surface area contributed by atoms with E-state index in [1.807, 2.05) is 18.2 Å². The number of alkyl halides is 3. The lowest BCUT2D eigenvalue weighted by Crippen LogP contribution is -2.37. The van der Waals surface area contributed by atoms with Crippen molar-refractivity contribution in [2.24, 2.45) is 5.92 Å². The van der Waals surface area contributed by atoms with Crippen molar-refractivity contribution < 1.29 is 18.3 Å². The summed E-state index contributed by atoms with van der Waals surface area (Å²) in [7, 11) is 0. The van der Waals surface area contributed by atoms with Crippen LogP contribution >= 0.6 is 11.6 Å². The summed E-state index contributed by atoms with van der Waals surface area (Å²) in [5, 5.41) is 15.1. The van der Waals surface area contributed by atoms with Crippen molar-refractivity contribution in [2.45, 2.75) is 76.2 Å². The van der Waals surface area contributed by atoms with E-state index in [9.17, 15) is 18.3 Å². The van der Waals surface area contributed by atoms with Gasteiger partial charge in [0.2, 0.25) is 0 Å². The van der Waals surface area contributed by atoms with Gasteiger partial charge in [-0.2, -0.15) is 13.2 Å². The first-order valence-corrected chi connectivity index (χ1v) is 12.7. The van der Waals surface area contributed by atoms with Gasteiger partial charge in [0, 0.05) is 17.1 Å². The molecule has 2 aliphatic rings. The minimum Gasteiger partial charge on any atom is -0.383 e. The zero-order valence-corrected chi connectivity index (χ0v) is 20.8. The van der Waals surface area contributed by atoms with Gasteiger partial charge in [-0.05, 0) is 106 Å². The Morgan fingerprint density at radius 2 is 1.74 bits per heavy atom. The van der Waals surface area contributed by atoms with Gasteiger partial charge in [0.1, 0.15) is 11.4 Å². The first kappa shape index (κ1) is 24.6. The molecule has 1 aromatic heterocycles. The van der Waals surface area contributed by atoms with Crippen LogP contribution in [0, 0.1) is 5.92 Å². The molecule has 1 atom stereocenters. The number of aliphatic hydroxyl groups is 1. The van der Waals surface area contributed by atoms with Crippen LogP contribution in [0.15, 0.2) is 36.4 Å². The number of nitrogens with zero attached hydrogens (tertiary/aromatic N) is 2. The zero-order chi connectivity index (χ0) is 25.0. The van der Waals surface area contributed by atoms with Gasteiger partial charge in [-0.15, -0.1) is 0 Å². The Hall–Kier alpha value is -2.09. The van der Waals surface area contributed by atoms with E-state index in [2.05, 4.69) is 9.88 Å². The van der Waals surface area contributed by atoms with Crippen LogP contribution in [-0.2, 0) is 24.6 Å². The van der Waals surface area contributed by atoms with Gasteiger partial charge in [0.05, 0.1) is 16.6 Å². The summed E-state index contributed by atoms with van der Waals surface area (Å²) in [4.78, 5) is 4.71. The predicted octanol–water partition coefficient (Wildman–Crippen LogP) is 6.42. The van der Waals surface area contributed by atoms with Gasteiger partial charge >= 0.3 is 6.18 Å². The van der Waals surface area contributed by atoms with Crippen LogP contribution in [0.5, 0.6) is 0 Å². The molecular formula is C27H31ClF3N3O. The molecule has 1 fully saturated rings. The third-order valence-electron chi connectivity index (χ3n) is 7.51. The number of halogens is 4. The monoisotopic (exact) mass is 505 g/mol. The molecule has 1 saturated carbocycles. The second-order valence-corrected chi connectivity index (χ2v) is 11.1. The molecule has 1 unspecified atom stereocenters. The molecule has 35 heavy (non-hydrogen) atoms. The second-order valence-electron chi connectivity index (χ2n) is 10.7. The third kappa shape index (κ3) is 5.09. The molecule has 2 aliphatic carbocycles. The fraction of sp³-hybridized carbons (Fsp3) is 0.519. The van der Waals surface area contributed by atoms with Crippen molar-refractivity contribution in [3.8, 4) is 0 Å². The van der Waals surface area contributed by atoms with Crippen LogP contribution in [-0.4, -0.2) is 27.2 Å². The smallest absolute Gasteiger partial charge is 0.383 e. The molecule has 5 rings (SSSR count). The van der Waals surface area contributed by atoms with E-state index in [4.69, 9.17) is 16.6 Å². The number of rotatable bonds is 5. The highest BCUT2D eigenvalue weighted by atomic mass is 35.5. The van der Waals surface area contributed by atoms with Gasteiger partial charge in [0.15, 0.2) is 0 Å². The molecule has 4 nitrogen and oxygen atoms in total. The predicted molar refractivity (Wildman–Crippen MR) is 132 cm³/mol. The lowest BCUT2D eigenvalue weighted by Gasteiger charge is -2.33. The highest BCUT2D eigenvalue weighted by Crippen LogP contribution is 2.37. The molecular weight excluding hydrogens is 475 g/mol. The summed E-state index contributed by atoms with van der Waals surface area (Å²) >= 11 is 6.18. The van der Waals surface area contributed by atoms with Crippen molar-refractivity contribution >= 4 is 22.6 Å². The molecule has 0 spiro atoms. The fourth-order valence-electron chi connectivity index (χ4n) is 5.77. The topological polar surface area (TPSA) is 50.1 Å². The first-order valence-electron chi connectivity index (χ1n) is 12.3. The highest BCUT2D eigenvalue weighted by Gasteiger charge is 2.34. The van der Waals surface area contributed by atoms with E-state index in [1.165, 1.54) is 12.1 Å². The Kier molecular flexibility index (Phi) is 6.39. The average molecular weight is 506 g/mol. The number of hydrogen-bond acceptors (Lipinski definition) is 3. The number of benzene rings is 2. The maximum absolute atomic E-state index is 13.0. The number of hydrogen-bond donors (Lipinski definition) is 2. The van der Waals surface area contributed by atoms with Crippen LogP contribution in [0.4, 0.5) is 13.2 Å². The average Bonchev–Trinajstić information content (AvgIpc) is 3.37. The minimum atomic E-state index is -4.29. The molecule has 1 heterocycles. The Balaban J connectivity index is 1.21. The second kappa shape index (κ2) is 9.09. The fourth-order valence-corrected chi connectivity index (χ4v) is 5.94. The van der Waals surface area contributed by atoms with Crippen LogP contribution < -0.4 is 5.32 Å². The molecule has 8 heteroatoms. The van der Waals surface area contributed by atoms with E-state index in [-0.39, 0.29) is 6.04 Å². The number of imidazole rings is 1. The lowest BCUT2D eigenvalue weighted by molar-refractivity contribution is -0.137. The summed E-state index contributed by atoms with van der Waals surface area (Å²) < 4.78 is 41.3. The quantitative estimate of drug-likeness (QED) is 0.420. The maximum Gasteiger partial charge on any atom is 0.416 e. The number of fused-ring (bicyclic) bond motifs is 2. The van der Waals surface area contributed by atoms with Crippen molar-refractivity contribution in [1.29, 1.82) is 0 Å². The standard InChI is InChI=1S/C27H31ClF3N3O/c1-26(2,35)25-33-23-14-20(28)5-10-24(23)34(25)22-8-6-21(7-9-22)32-15-16-11-17-3-4-19(27(29,30)31)13-18(17)12-16/h3-5,10,13-14,16,21-22,32,35H,6-9,11-12,15H2,1-2H3/t16?,21-,22+. The summed E-state index contributed by atoms with van der Waals surface area (Å²) in [6.45, 7) is 4.33. The van der Waals surface area contributed by atoms with Crippen LogP contribution in [0.1, 0.15) is 68.1 Å². The number of nitrogens with one attached hydrogen (secondary N) is 1. The molecule has 3 aromatic rings. The molecule has 0 saturated heterocycles. The minimum absolute atomic E-state index is 0.247. The molecule has 2 aromatic carbocycles. The molecule has 0 radical (unpaired) electrons. The lowest BCUT2D eigenvalue weighted by atomic mass is 9.90. The third-order valence-corrected chi connectivity index (χ3v) is 7.74. The van der Waals surface area contributed by atoms with E-state index in [1.54, 1.807) is 19.9 Å². The van der Waals surface area contributed by atoms with Crippen LogP contribution in [0.2, 0.25) is 5.02 Å². The van der Waals surface area contributed by atoms with E-state index in [0.717, 1.165) is 60.8 Å².